The highest BCUT2D eigenvalue weighted by molar-refractivity contribution is 6.31. The zero-order valence-electron chi connectivity index (χ0n) is 19.1. The molecule has 0 heterocycles. The highest BCUT2D eigenvalue weighted by Gasteiger charge is 2.33. The molecule has 33 heavy (non-hydrogen) atoms. The van der Waals surface area contributed by atoms with E-state index < -0.39 is 0 Å². The van der Waals surface area contributed by atoms with Gasteiger partial charge in [0.05, 0.1) is 0 Å². The summed E-state index contributed by atoms with van der Waals surface area (Å²) in [6.07, 6.45) is 9.18. The van der Waals surface area contributed by atoms with E-state index in [1.165, 1.54) is 6.42 Å². The van der Waals surface area contributed by atoms with Crippen molar-refractivity contribution in [3.8, 4) is 0 Å². The average Bonchev–Trinajstić information content (AvgIpc) is 2.85. The lowest BCUT2D eigenvalue weighted by molar-refractivity contribution is -0.140. The molecule has 0 aliphatic heterocycles. The number of nitrogens with two attached hydrogens (primary N) is 1. The van der Waals surface area contributed by atoms with E-state index in [9.17, 15) is 9.59 Å². The fourth-order valence-corrected chi connectivity index (χ4v) is 5.31. The van der Waals surface area contributed by atoms with Crippen molar-refractivity contribution in [2.45, 2.75) is 76.4 Å². The molecule has 2 aromatic rings. The first-order valence-electron chi connectivity index (χ1n) is 12.2. The van der Waals surface area contributed by atoms with Crippen LogP contribution < -0.4 is 11.1 Å². The molecule has 2 aliphatic rings. The zero-order valence-corrected chi connectivity index (χ0v) is 19.9. The molecule has 2 aliphatic carbocycles. The molecular weight excluding hydrogens is 434 g/mol. The summed E-state index contributed by atoms with van der Waals surface area (Å²) in [7, 11) is 0. The number of carbonyl (C=O) groups excluding carboxylic acids is 2. The van der Waals surface area contributed by atoms with Gasteiger partial charge in [-0.1, -0.05) is 49.1 Å². The lowest BCUT2D eigenvalue weighted by atomic mass is 9.85. The summed E-state index contributed by atoms with van der Waals surface area (Å²) in [4.78, 5) is 28.3. The van der Waals surface area contributed by atoms with E-state index >= 15 is 0 Å². The molecule has 0 aromatic heterocycles. The van der Waals surface area contributed by atoms with Crippen molar-refractivity contribution >= 4 is 29.1 Å². The van der Waals surface area contributed by atoms with Crippen LogP contribution in [0, 0.1) is 5.92 Å². The minimum Gasteiger partial charge on any atom is -0.335 e. The summed E-state index contributed by atoms with van der Waals surface area (Å²) in [5, 5.41) is 3.57. The second-order valence-corrected chi connectivity index (χ2v) is 9.90. The monoisotopic (exact) mass is 467 g/mol. The Hall–Kier alpha value is -2.37. The molecule has 6 heteroatoms. The molecule has 4 rings (SSSR count). The number of halogens is 1. The predicted octanol–water partition coefficient (Wildman–Crippen LogP) is 5.77. The van der Waals surface area contributed by atoms with Gasteiger partial charge in [0.25, 0.3) is 5.91 Å². The quantitative estimate of drug-likeness (QED) is 0.566. The highest BCUT2D eigenvalue weighted by atomic mass is 35.5. The summed E-state index contributed by atoms with van der Waals surface area (Å²) < 4.78 is 0. The molecule has 0 unspecified atom stereocenters. The fourth-order valence-electron chi connectivity index (χ4n) is 5.13. The summed E-state index contributed by atoms with van der Waals surface area (Å²) in [6.45, 7) is 0.461. The van der Waals surface area contributed by atoms with Crippen molar-refractivity contribution in [2.24, 2.45) is 11.7 Å². The van der Waals surface area contributed by atoms with Crippen LogP contribution in [0.4, 0.5) is 5.69 Å². The summed E-state index contributed by atoms with van der Waals surface area (Å²) in [6, 6.07) is 15.1. The molecule has 5 nitrogen and oxygen atoms in total. The van der Waals surface area contributed by atoms with Crippen LogP contribution in [0.3, 0.4) is 0 Å². The smallest absolute Gasteiger partial charge is 0.255 e. The van der Waals surface area contributed by atoms with Crippen LogP contribution in [0.25, 0.3) is 0 Å². The minimum atomic E-state index is -0.166. The number of amides is 2. The van der Waals surface area contributed by atoms with Crippen LogP contribution >= 0.6 is 11.6 Å². The third kappa shape index (κ3) is 6.15. The molecule has 176 valence electrons. The number of carbonyl (C=O) groups is 2. The van der Waals surface area contributed by atoms with Crippen LogP contribution in [0.2, 0.25) is 5.02 Å². The van der Waals surface area contributed by atoms with Gasteiger partial charge in [0.1, 0.15) is 0 Å². The first-order valence-corrected chi connectivity index (χ1v) is 12.6. The number of hydrogen-bond donors (Lipinski definition) is 2. The number of benzene rings is 2. The molecule has 2 amide bonds. The standard InChI is InChI=1S/C27H34ClN3O2/c28-25-16-13-23(30-26(32)19-7-3-1-4-8-19)17-21(25)18-31(24-14-11-22(29)12-15-24)27(33)20-9-5-2-6-10-20/h1,3-4,7-8,13,16-17,20,22,24H,2,5-6,9-12,14-15,18,29H2,(H,30,32). The van der Waals surface area contributed by atoms with E-state index in [1.807, 2.05) is 24.3 Å². The SMILES string of the molecule is NC1CCC(N(Cc2cc(NC(=O)c3ccccc3)ccc2Cl)C(=O)C2CCCCC2)CC1. The Bertz CT molecular complexity index is 951. The van der Waals surface area contributed by atoms with E-state index in [0.29, 0.717) is 22.8 Å². The van der Waals surface area contributed by atoms with E-state index in [2.05, 4.69) is 10.2 Å². The van der Waals surface area contributed by atoms with Gasteiger partial charge in [0, 0.05) is 40.8 Å². The van der Waals surface area contributed by atoms with Crippen LogP contribution in [0.5, 0.6) is 0 Å². The Balaban J connectivity index is 1.53. The van der Waals surface area contributed by atoms with E-state index in [-0.39, 0.29) is 29.8 Å². The lowest BCUT2D eigenvalue weighted by Crippen LogP contribution is -2.46. The summed E-state index contributed by atoms with van der Waals surface area (Å²) >= 11 is 6.58. The normalized spacial score (nSPS) is 21.4. The van der Waals surface area contributed by atoms with Gasteiger partial charge in [0.2, 0.25) is 5.91 Å². The Morgan fingerprint density at radius 2 is 1.64 bits per heavy atom. The molecule has 0 atom stereocenters. The largest absolute Gasteiger partial charge is 0.335 e. The van der Waals surface area contributed by atoms with Gasteiger partial charge in [-0.05, 0) is 74.4 Å². The molecule has 2 saturated carbocycles. The number of hydrogen-bond acceptors (Lipinski definition) is 3. The second kappa shape index (κ2) is 11.2. The van der Waals surface area contributed by atoms with Gasteiger partial charge < -0.3 is 16.0 Å². The maximum absolute atomic E-state index is 13.6. The van der Waals surface area contributed by atoms with Crippen LogP contribution in [-0.4, -0.2) is 28.8 Å². The van der Waals surface area contributed by atoms with Gasteiger partial charge in [-0.25, -0.2) is 0 Å². The van der Waals surface area contributed by atoms with E-state index in [0.717, 1.165) is 56.9 Å². The highest BCUT2D eigenvalue weighted by Crippen LogP contribution is 2.32. The lowest BCUT2D eigenvalue weighted by Gasteiger charge is -2.39. The topological polar surface area (TPSA) is 75.4 Å². The van der Waals surface area contributed by atoms with Crippen molar-refractivity contribution in [3.05, 3.63) is 64.7 Å². The van der Waals surface area contributed by atoms with Crippen LogP contribution in [0.15, 0.2) is 48.5 Å². The van der Waals surface area contributed by atoms with Crippen molar-refractivity contribution < 1.29 is 9.59 Å². The van der Waals surface area contributed by atoms with Crippen molar-refractivity contribution in [3.63, 3.8) is 0 Å². The third-order valence-electron chi connectivity index (χ3n) is 7.10. The van der Waals surface area contributed by atoms with Crippen LogP contribution in [0.1, 0.15) is 73.7 Å². The number of anilines is 1. The first kappa shape index (κ1) is 23.8. The predicted molar refractivity (Wildman–Crippen MR) is 133 cm³/mol. The molecule has 0 radical (unpaired) electrons. The van der Waals surface area contributed by atoms with Crippen molar-refractivity contribution in [1.29, 1.82) is 0 Å². The minimum absolute atomic E-state index is 0.106. The number of nitrogens with one attached hydrogen (secondary N) is 1. The fraction of sp³-hybridized carbons (Fsp3) is 0.481. The number of rotatable bonds is 6. The molecular formula is C27H34ClN3O2. The maximum Gasteiger partial charge on any atom is 0.255 e. The van der Waals surface area contributed by atoms with Gasteiger partial charge in [-0.2, -0.15) is 0 Å². The Labute approximate surface area is 201 Å². The van der Waals surface area contributed by atoms with Gasteiger partial charge in [0.15, 0.2) is 0 Å². The Morgan fingerprint density at radius 3 is 2.33 bits per heavy atom. The molecule has 2 aromatic carbocycles. The van der Waals surface area contributed by atoms with Crippen molar-refractivity contribution in [1.82, 2.24) is 4.90 Å². The molecule has 0 bridgehead atoms. The number of nitrogens with zero attached hydrogens (tertiary/aromatic N) is 1. The molecule has 0 spiro atoms. The van der Waals surface area contributed by atoms with Gasteiger partial charge >= 0.3 is 0 Å². The Kier molecular flexibility index (Phi) is 8.05. The summed E-state index contributed by atoms with van der Waals surface area (Å²) in [5.74, 6) is 0.194. The summed E-state index contributed by atoms with van der Waals surface area (Å²) in [5.41, 5.74) is 8.28. The van der Waals surface area contributed by atoms with Gasteiger partial charge in [-0.3, -0.25) is 9.59 Å². The zero-order chi connectivity index (χ0) is 23.2. The maximum atomic E-state index is 13.6. The van der Waals surface area contributed by atoms with Gasteiger partial charge in [-0.15, -0.1) is 0 Å². The first-order chi connectivity index (χ1) is 16.0. The average molecular weight is 468 g/mol. The second-order valence-electron chi connectivity index (χ2n) is 9.50. The molecule has 2 fully saturated rings. The Morgan fingerprint density at radius 1 is 0.939 bits per heavy atom. The van der Waals surface area contributed by atoms with Crippen molar-refractivity contribution in [2.75, 3.05) is 5.32 Å². The molecule has 0 saturated heterocycles. The van der Waals surface area contributed by atoms with Crippen LogP contribution in [-0.2, 0) is 11.3 Å². The third-order valence-corrected chi connectivity index (χ3v) is 7.47. The molecule has 3 N–H and O–H groups in total. The van der Waals surface area contributed by atoms with E-state index in [1.54, 1.807) is 24.3 Å². The van der Waals surface area contributed by atoms with E-state index in [4.69, 9.17) is 17.3 Å².